The average molecular weight is 467 g/mol. The van der Waals surface area contributed by atoms with E-state index in [-0.39, 0.29) is 29.2 Å². The number of nitro groups is 1. The maximum absolute atomic E-state index is 12.0. The summed E-state index contributed by atoms with van der Waals surface area (Å²) >= 11 is 0. The predicted molar refractivity (Wildman–Crippen MR) is 112 cm³/mol. The molecular weight excluding hydrogens is 442 g/mol. The Morgan fingerprint density at radius 2 is 1.64 bits per heavy atom. The smallest absolute Gasteiger partial charge is 0.407 e. The Bertz CT molecular complexity index is 926. The first-order valence-electron chi connectivity index (χ1n) is 9.75. The van der Waals surface area contributed by atoms with Gasteiger partial charge in [-0.1, -0.05) is 18.9 Å². The summed E-state index contributed by atoms with van der Waals surface area (Å²) in [6.07, 6.45) is 0.562. The first-order valence-corrected chi connectivity index (χ1v) is 9.75. The molecule has 33 heavy (non-hydrogen) atoms. The maximum Gasteiger partial charge on any atom is 0.407 e. The highest BCUT2D eigenvalue weighted by atomic mass is 16.7. The van der Waals surface area contributed by atoms with Crippen LogP contribution in [0.1, 0.15) is 32.8 Å². The number of rotatable bonds is 9. The molecule has 0 aliphatic carbocycles. The fraction of sp³-hybridized carbons (Fsp3) is 0.400. The second kappa shape index (κ2) is 12.6. The van der Waals surface area contributed by atoms with E-state index >= 15 is 0 Å². The van der Waals surface area contributed by atoms with Gasteiger partial charge in [0.1, 0.15) is 6.61 Å². The molecule has 1 aliphatic rings. The van der Waals surface area contributed by atoms with E-state index in [0.29, 0.717) is 5.06 Å². The van der Waals surface area contributed by atoms with E-state index in [4.69, 9.17) is 14.2 Å². The molecule has 1 aromatic carbocycles. The van der Waals surface area contributed by atoms with Crippen molar-refractivity contribution in [3.63, 3.8) is 0 Å². The number of nitrogens with zero attached hydrogens (tertiary/aromatic N) is 2. The van der Waals surface area contributed by atoms with Crippen molar-refractivity contribution in [3.05, 3.63) is 40.0 Å². The third kappa shape index (κ3) is 7.48. The third-order valence-electron chi connectivity index (χ3n) is 3.94. The number of carbonyl (C=O) groups is 4. The summed E-state index contributed by atoms with van der Waals surface area (Å²) in [6.45, 7) is 5.00. The number of carbonyl (C=O) groups excluding carboxylic acids is 4. The van der Waals surface area contributed by atoms with Crippen LogP contribution < -0.4 is 14.8 Å². The van der Waals surface area contributed by atoms with Gasteiger partial charge in [-0.15, -0.1) is 0 Å². The predicted octanol–water partition coefficient (Wildman–Crippen LogP) is 2.03. The minimum Gasteiger partial charge on any atom is -0.493 e. The average Bonchev–Trinajstić information content (AvgIpc) is 3.09. The molecular formula is C20H25N3O10. The molecule has 1 N–H and O–H groups in total. The van der Waals surface area contributed by atoms with E-state index in [1.54, 1.807) is 0 Å². The topological polar surface area (TPSA) is 164 Å². The lowest BCUT2D eigenvalue weighted by Gasteiger charge is -2.16. The molecule has 2 rings (SSSR count). The van der Waals surface area contributed by atoms with Gasteiger partial charge in [0.05, 0.1) is 37.2 Å². The number of ether oxygens (including phenoxy) is 3. The summed E-state index contributed by atoms with van der Waals surface area (Å²) in [7, 11) is 2.67. The van der Waals surface area contributed by atoms with Gasteiger partial charge in [-0.25, -0.2) is 9.59 Å². The van der Waals surface area contributed by atoms with Crippen LogP contribution in [0, 0.1) is 10.1 Å². The van der Waals surface area contributed by atoms with Crippen LogP contribution in [0.3, 0.4) is 0 Å². The van der Waals surface area contributed by atoms with Gasteiger partial charge in [-0.3, -0.25) is 19.7 Å². The SMILES string of the molecule is CC.COc1cc(COC(=O)NC(C)CC(=O)ON2C(=O)C=CC2=O)c([N+](=O)[O-])cc1OC. The standard InChI is InChI=1S/C18H19N3O10.C2H6/c1-10(6-17(24)31-20-15(22)4-5-16(20)23)19-18(25)30-9-11-7-13(28-2)14(29-3)8-12(11)21(26)27;1-2/h4-5,7-8,10H,6,9H2,1-3H3,(H,19,25);1-2H3. The first-order chi connectivity index (χ1) is 15.7. The Morgan fingerprint density at radius 1 is 1.09 bits per heavy atom. The summed E-state index contributed by atoms with van der Waals surface area (Å²) in [5.74, 6) is -2.18. The monoisotopic (exact) mass is 467 g/mol. The minimum atomic E-state index is -0.959. The molecule has 1 unspecified atom stereocenters. The Kier molecular flexibility index (Phi) is 10.3. The van der Waals surface area contributed by atoms with Gasteiger partial charge in [-0.2, -0.15) is 0 Å². The second-order valence-corrected chi connectivity index (χ2v) is 6.19. The number of imide groups is 1. The summed E-state index contributed by atoms with van der Waals surface area (Å²) in [5.41, 5.74) is -0.279. The fourth-order valence-electron chi connectivity index (χ4n) is 2.50. The number of methoxy groups -OCH3 is 2. The van der Waals surface area contributed by atoms with Crippen LogP contribution in [0.15, 0.2) is 24.3 Å². The zero-order valence-electron chi connectivity index (χ0n) is 18.8. The molecule has 0 bridgehead atoms. The lowest BCUT2D eigenvalue weighted by atomic mass is 10.1. The molecule has 0 spiro atoms. The number of alkyl carbamates (subject to hydrolysis) is 1. The highest BCUT2D eigenvalue weighted by Crippen LogP contribution is 2.34. The van der Waals surface area contributed by atoms with Crippen molar-refractivity contribution in [2.45, 2.75) is 39.8 Å². The summed E-state index contributed by atoms with van der Waals surface area (Å²) < 4.78 is 15.1. The van der Waals surface area contributed by atoms with Gasteiger partial charge in [0, 0.05) is 18.2 Å². The molecule has 0 saturated carbocycles. The van der Waals surface area contributed by atoms with E-state index < -0.39 is 41.4 Å². The number of benzene rings is 1. The van der Waals surface area contributed by atoms with Crippen molar-refractivity contribution in [1.29, 1.82) is 0 Å². The molecule has 1 aromatic rings. The molecule has 0 fully saturated rings. The van der Waals surface area contributed by atoms with Crippen LogP contribution in [-0.4, -0.2) is 54.1 Å². The molecule has 13 heteroatoms. The van der Waals surface area contributed by atoms with E-state index in [9.17, 15) is 29.3 Å². The molecule has 0 radical (unpaired) electrons. The quantitative estimate of drug-likeness (QED) is 0.323. The lowest BCUT2D eigenvalue weighted by molar-refractivity contribution is -0.385. The lowest BCUT2D eigenvalue weighted by Crippen LogP contribution is -2.38. The summed E-state index contributed by atoms with van der Waals surface area (Å²) in [4.78, 5) is 61.8. The molecule has 1 atom stereocenters. The molecule has 0 saturated heterocycles. The number of nitro benzene ring substituents is 1. The second-order valence-electron chi connectivity index (χ2n) is 6.19. The molecule has 3 amide bonds. The van der Waals surface area contributed by atoms with Gasteiger partial charge in [0.2, 0.25) is 0 Å². The molecule has 0 aromatic heterocycles. The highest BCUT2D eigenvalue weighted by molar-refractivity contribution is 6.12. The molecule has 180 valence electrons. The first kappa shape index (κ1) is 26.9. The molecule has 13 nitrogen and oxygen atoms in total. The third-order valence-corrected chi connectivity index (χ3v) is 3.94. The summed E-state index contributed by atoms with van der Waals surface area (Å²) in [6, 6.07) is 1.66. The number of amides is 3. The van der Waals surface area contributed by atoms with Gasteiger partial charge < -0.3 is 24.4 Å². The van der Waals surface area contributed by atoms with Crippen molar-refractivity contribution < 1.29 is 43.1 Å². The van der Waals surface area contributed by atoms with Crippen LogP contribution in [0.25, 0.3) is 0 Å². The maximum atomic E-state index is 12.0. The Labute approximate surface area is 189 Å². The van der Waals surface area contributed by atoms with Crippen molar-refractivity contribution >= 4 is 29.6 Å². The normalized spacial score (nSPS) is 12.9. The van der Waals surface area contributed by atoms with Crippen LogP contribution >= 0.6 is 0 Å². The van der Waals surface area contributed by atoms with Crippen molar-refractivity contribution in [1.82, 2.24) is 10.4 Å². The Hall–Kier alpha value is -4.16. The van der Waals surface area contributed by atoms with Gasteiger partial charge in [0.25, 0.3) is 17.5 Å². The van der Waals surface area contributed by atoms with Gasteiger partial charge in [0.15, 0.2) is 11.5 Å². The van der Waals surface area contributed by atoms with E-state index in [2.05, 4.69) is 10.2 Å². The van der Waals surface area contributed by atoms with Crippen LogP contribution in [0.5, 0.6) is 11.5 Å². The van der Waals surface area contributed by atoms with Crippen molar-refractivity contribution in [2.24, 2.45) is 0 Å². The number of hydroxylamine groups is 2. The van der Waals surface area contributed by atoms with Crippen LogP contribution in [-0.2, 0) is 30.6 Å². The van der Waals surface area contributed by atoms with Crippen molar-refractivity contribution in [2.75, 3.05) is 14.2 Å². The molecule has 1 aliphatic heterocycles. The number of hydrogen-bond donors (Lipinski definition) is 1. The van der Waals surface area contributed by atoms with Gasteiger partial charge >= 0.3 is 12.1 Å². The Morgan fingerprint density at radius 3 is 2.15 bits per heavy atom. The number of nitrogens with one attached hydrogen (secondary N) is 1. The van der Waals surface area contributed by atoms with E-state index in [1.165, 1.54) is 27.2 Å². The van der Waals surface area contributed by atoms with E-state index in [1.807, 2.05) is 13.8 Å². The fourth-order valence-corrected chi connectivity index (χ4v) is 2.50. The number of hydrogen-bond acceptors (Lipinski definition) is 10. The minimum absolute atomic E-state index is 0.0587. The van der Waals surface area contributed by atoms with Crippen LogP contribution in [0.4, 0.5) is 10.5 Å². The Balaban J connectivity index is 0.00000265. The van der Waals surface area contributed by atoms with Crippen molar-refractivity contribution in [3.8, 4) is 11.5 Å². The summed E-state index contributed by atoms with van der Waals surface area (Å²) in [5, 5.41) is 13.9. The highest BCUT2D eigenvalue weighted by Gasteiger charge is 2.28. The zero-order chi connectivity index (χ0) is 25.1. The zero-order valence-corrected chi connectivity index (χ0v) is 18.8. The largest absolute Gasteiger partial charge is 0.493 e. The van der Waals surface area contributed by atoms with E-state index in [0.717, 1.165) is 18.2 Å². The van der Waals surface area contributed by atoms with Gasteiger partial charge in [-0.05, 0) is 13.0 Å². The molecule has 1 heterocycles. The van der Waals surface area contributed by atoms with Crippen LogP contribution in [0.2, 0.25) is 0 Å².